The first kappa shape index (κ1) is 21.3. The third-order valence-electron chi connectivity index (χ3n) is 6.03. The molecule has 0 radical (unpaired) electrons. The van der Waals surface area contributed by atoms with E-state index in [-0.39, 0.29) is 18.6 Å². The number of nitrogens with zero attached hydrogens (tertiary/aromatic N) is 1. The van der Waals surface area contributed by atoms with Crippen LogP contribution in [0.5, 0.6) is 0 Å². The van der Waals surface area contributed by atoms with Crippen LogP contribution in [0, 0.1) is 6.92 Å². The molecule has 0 bridgehead atoms. The van der Waals surface area contributed by atoms with Crippen LogP contribution in [0.2, 0.25) is 0 Å². The van der Waals surface area contributed by atoms with Gasteiger partial charge in [-0.3, -0.25) is 4.98 Å². The van der Waals surface area contributed by atoms with Gasteiger partial charge in [-0.2, -0.15) is 13.2 Å². The molecule has 0 aliphatic heterocycles. The Kier molecular flexibility index (Phi) is 5.66. The van der Waals surface area contributed by atoms with Gasteiger partial charge in [0.15, 0.2) is 9.84 Å². The number of rotatable bonds is 5. The van der Waals surface area contributed by atoms with Gasteiger partial charge >= 0.3 is 6.18 Å². The summed E-state index contributed by atoms with van der Waals surface area (Å²) in [6.07, 6.45) is 0.917. The number of aromatic nitrogens is 1. The summed E-state index contributed by atoms with van der Waals surface area (Å²) in [6.45, 7) is 1.75. The quantitative estimate of drug-likeness (QED) is 0.631. The second-order valence-electron chi connectivity index (χ2n) is 8.19. The molecule has 0 saturated heterocycles. The van der Waals surface area contributed by atoms with Crippen LogP contribution in [0.3, 0.4) is 0 Å². The number of alkyl halides is 3. The standard InChI is InChI=1S/C22H24F3NO3S/c1-14-11-16(9-10-26-14)15-5-8-21(20(12-15)22(23,24)25)30(27,28)19-7-6-18(13-19)29-17-3-2-4-17/h5,8-12,17-19H,2-4,6-7,13H2,1H3/t18-,19-/m0/s1. The second-order valence-corrected chi connectivity index (χ2v) is 10.4. The fourth-order valence-electron chi connectivity index (χ4n) is 4.17. The fraction of sp³-hybridized carbons (Fsp3) is 0.500. The molecule has 0 N–H and O–H groups in total. The van der Waals surface area contributed by atoms with E-state index in [4.69, 9.17) is 4.74 Å². The maximum Gasteiger partial charge on any atom is 0.417 e. The van der Waals surface area contributed by atoms with Crippen molar-refractivity contribution in [3.63, 3.8) is 0 Å². The van der Waals surface area contributed by atoms with Gasteiger partial charge < -0.3 is 4.74 Å². The van der Waals surface area contributed by atoms with Gasteiger partial charge in [-0.1, -0.05) is 6.07 Å². The summed E-state index contributed by atoms with van der Waals surface area (Å²) >= 11 is 0. The molecule has 8 heteroatoms. The van der Waals surface area contributed by atoms with Crippen molar-refractivity contribution in [3.8, 4) is 11.1 Å². The predicted molar refractivity (Wildman–Crippen MR) is 107 cm³/mol. The lowest BCUT2D eigenvalue weighted by Gasteiger charge is -2.29. The summed E-state index contributed by atoms with van der Waals surface area (Å²) in [6, 6.07) is 6.75. The van der Waals surface area contributed by atoms with Crippen molar-refractivity contribution >= 4 is 9.84 Å². The highest BCUT2D eigenvalue weighted by atomic mass is 32.2. The lowest BCUT2D eigenvalue weighted by atomic mass is 9.96. The molecule has 0 spiro atoms. The number of halogens is 3. The lowest BCUT2D eigenvalue weighted by Crippen LogP contribution is -2.28. The van der Waals surface area contributed by atoms with Crippen LogP contribution >= 0.6 is 0 Å². The van der Waals surface area contributed by atoms with Crippen molar-refractivity contribution < 1.29 is 26.3 Å². The predicted octanol–water partition coefficient (Wildman–Crippen LogP) is 5.34. The molecule has 1 heterocycles. The van der Waals surface area contributed by atoms with Crippen LogP contribution < -0.4 is 0 Å². The van der Waals surface area contributed by atoms with Gasteiger partial charge in [-0.25, -0.2) is 8.42 Å². The Morgan fingerprint density at radius 2 is 1.73 bits per heavy atom. The summed E-state index contributed by atoms with van der Waals surface area (Å²) in [5.74, 6) is 0. The lowest BCUT2D eigenvalue weighted by molar-refractivity contribution is -0.139. The van der Waals surface area contributed by atoms with E-state index in [2.05, 4.69) is 4.98 Å². The molecule has 2 atom stereocenters. The average molecular weight is 439 g/mol. The van der Waals surface area contributed by atoms with Gasteiger partial charge in [0.25, 0.3) is 0 Å². The van der Waals surface area contributed by atoms with Crippen LogP contribution in [0.4, 0.5) is 13.2 Å². The Labute approximate surface area is 174 Å². The van der Waals surface area contributed by atoms with Crippen LogP contribution in [0.1, 0.15) is 49.8 Å². The summed E-state index contributed by atoms with van der Waals surface area (Å²) in [4.78, 5) is 3.41. The normalized spacial score (nSPS) is 22.8. The number of hydrogen-bond donors (Lipinski definition) is 0. The highest BCUT2D eigenvalue weighted by Crippen LogP contribution is 2.41. The van der Waals surface area contributed by atoms with Crippen molar-refractivity contribution in [1.29, 1.82) is 0 Å². The zero-order valence-corrected chi connectivity index (χ0v) is 17.5. The Hall–Kier alpha value is -1.93. The van der Waals surface area contributed by atoms with Crippen LogP contribution in [-0.2, 0) is 20.8 Å². The van der Waals surface area contributed by atoms with Crippen molar-refractivity contribution in [1.82, 2.24) is 4.98 Å². The third kappa shape index (κ3) is 4.25. The highest BCUT2D eigenvalue weighted by molar-refractivity contribution is 7.92. The number of sulfone groups is 1. The smallest absolute Gasteiger partial charge is 0.375 e. The van der Waals surface area contributed by atoms with E-state index in [1.165, 1.54) is 12.3 Å². The van der Waals surface area contributed by atoms with Crippen molar-refractivity contribution in [2.45, 2.75) is 74.0 Å². The minimum absolute atomic E-state index is 0.172. The van der Waals surface area contributed by atoms with Gasteiger partial charge in [0.05, 0.1) is 27.9 Å². The van der Waals surface area contributed by atoms with Crippen LogP contribution in [-0.4, -0.2) is 30.9 Å². The maximum atomic E-state index is 13.8. The topological polar surface area (TPSA) is 56.3 Å². The van der Waals surface area contributed by atoms with E-state index in [0.717, 1.165) is 31.4 Å². The van der Waals surface area contributed by atoms with E-state index in [0.29, 0.717) is 29.7 Å². The van der Waals surface area contributed by atoms with E-state index in [1.807, 2.05) is 0 Å². The molecule has 2 aliphatic rings. The van der Waals surface area contributed by atoms with Crippen molar-refractivity contribution in [2.24, 2.45) is 0 Å². The summed E-state index contributed by atoms with van der Waals surface area (Å²) < 4.78 is 73.7. The molecule has 4 rings (SSSR count). The van der Waals surface area contributed by atoms with Gasteiger partial charge in [0.2, 0.25) is 0 Å². The Balaban J connectivity index is 1.65. The molecule has 2 fully saturated rings. The SMILES string of the molecule is Cc1cc(-c2ccc(S(=O)(=O)[C@H]3CC[C@H](OC4CCC4)C3)c(C(F)(F)F)c2)ccn1. The zero-order chi connectivity index (χ0) is 21.5. The molecule has 2 aromatic rings. The number of benzene rings is 1. The highest BCUT2D eigenvalue weighted by Gasteiger charge is 2.43. The van der Waals surface area contributed by atoms with Crippen LogP contribution in [0.15, 0.2) is 41.4 Å². The average Bonchev–Trinajstić information content (AvgIpc) is 3.13. The van der Waals surface area contributed by atoms with E-state index >= 15 is 0 Å². The molecular formula is C22H24F3NO3S. The minimum Gasteiger partial charge on any atom is -0.375 e. The summed E-state index contributed by atoms with van der Waals surface area (Å²) in [5, 5.41) is -0.849. The van der Waals surface area contributed by atoms with E-state index in [1.54, 1.807) is 19.1 Å². The molecule has 0 unspecified atom stereocenters. The fourth-order valence-corrected chi connectivity index (χ4v) is 6.18. The maximum absolute atomic E-state index is 13.8. The minimum atomic E-state index is -4.78. The first-order chi connectivity index (χ1) is 14.1. The summed E-state index contributed by atoms with van der Waals surface area (Å²) in [7, 11) is -4.13. The van der Waals surface area contributed by atoms with E-state index in [9.17, 15) is 21.6 Å². The Morgan fingerprint density at radius 1 is 1.00 bits per heavy atom. The first-order valence-corrected chi connectivity index (χ1v) is 11.7. The van der Waals surface area contributed by atoms with Crippen LogP contribution in [0.25, 0.3) is 11.1 Å². The summed E-state index contributed by atoms with van der Waals surface area (Å²) in [5.41, 5.74) is 0.426. The molecule has 1 aromatic carbocycles. The largest absolute Gasteiger partial charge is 0.417 e. The molecule has 0 amide bonds. The van der Waals surface area contributed by atoms with E-state index < -0.39 is 31.7 Å². The van der Waals surface area contributed by atoms with Gasteiger partial charge in [-0.15, -0.1) is 0 Å². The van der Waals surface area contributed by atoms with Gasteiger partial charge in [0, 0.05) is 11.9 Å². The number of aryl methyl sites for hydroxylation is 1. The molecule has 2 saturated carbocycles. The number of ether oxygens (including phenoxy) is 1. The Bertz CT molecular complexity index is 1030. The van der Waals surface area contributed by atoms with Crippen molar-refractivity contribution in [2.75, 3.05) is 0 Å². The number of pyridine rings is 1. The van der Waals surface area contributed by atoms with Gasteiger partial charge in [0.1, 0.15) is 0 Å². The third-order valence-corrected chi connectivity index (χ3v) is 8.31. The number of hydrogen-bond acceptors (Lipinski definition) is 4. The molecule has 162 valence electrons. The molecule has 2 aliphatic carbocycles. The molecule has 30 heavy (non-hydrogen) atoms. The molecule has 1 aromatic heterocycles. The second kappa shape index (κ2) is 7.96. The zero-order valence-electron chi connectivity index (χ0n) is 16.7. The molecular weight excluding hydrogens is 415 g/mol. The molecule has 4 nitrogen and oxygen atoms in total. The first-order valence-electron chi connectivity index (χ1n) is 10.2. The Morgan fingerprint density at radius 3 is 2.37 bits per heavy atom. The monoisotopic (exact) mass is 439 g/mol. The van der Waals surface area contributed by atoms with Gasteiger partial charge in [-0.05, 0) is 80.8 Å². The van der Waals surface area contributed by atoms with Crippen molar-refractivity contribution in [3.05, 3.63) is 47.8 Å².